The maximum Gasteiger partial charge on any atom is 0.0598 e. The van der Waals surface area contributed by atoms with E-state index < -0.39 is 0 Å². The molecule has 0 atom stereocenters. The van der Waals surface area contributed by atoms with E-state index in [0.29, 0.717) is 5.41 Å². The van der Waals surface area contributed by atoms with Crippen LogP contribution in [0.3, 0.4) is 0 Å². The second-order valence-electron chi connectivity index (χ2n) is 4.96. The van der Waals surface area contributed by atoms with Crippen LogP contribution in [0.15, 0.2) is 0 Å². The van der Waals surface area contributed by atoms with E-state index in [1.165, 1.54) is 19.3 Å². The largest absolute Gasteiger partial charge is 0.375 e. The Labute approximate surface area is 75.5 Å². The molecule has 2 heteroatoms. The molecule has 1 fully saturated rings. The SMILES string of the molecule is CC(C)(C)OCC1(CN)CCC1. The molecule has 0 bridgehead atoms. The normalized spacial score (nSPS) is 22.0. The molecule has 72 valence electrons. The van der Waals surface area contributed by atoms with Crippen LogP contribution in [-0.2, 0) is 4.74 Å². The predicted octanol–water partition coefficient (Wildman–Crippen LogP) is 1.93. The molecule has 2 N–H and O–H groups in total. The molecule has 1 aliphatic rings. The first-order chi connectivity index (χ1) is 5.47. The first kappa shape index (κ1) is 10.0. The monoisotopic (exact) mass is 171 g/mol. The highest BCUT2D eigenvalue weighted by molar-refractivity contribution is 4.88. The summed E-state index contributed by atoms with van der Waals surface area (Å²) in [5, 5.41) is 0. The highest BCUT2D eigenvalue weighted by Crippen LogP contribution is 2.40. The lowest BCUT2D eigenvalue weighted by Gasteiger charge is -2.42. The third-order valence-electron chi connectivity index (χ3n) is 2.66. The van der Waals surface area contributed by atoms with Gasteiger partial charge in [-0.2, -0.15) is 0 Å². The molecule has 2 nitrogen and oxygen atoms in total. The first-order valence-corrected chi connectivity index (χ1v) is 4.82. The lowest BCUT2D eigenvalue weighted by Crippen LogP contribution is -2.43. The van der Waals surface area contributed by atoms with Crippen molar-refractivity contribution in [1.29, 1.82) is 0 Å². The first-order valence-electron chi connectivity index (χ1n) is 4.82. The fraction of sp³-hybridized carbons (Fsp3) is 1.00. The van der Waals surface area contributed by atoms with E-state index in [4.69, 9.17) is 10.5 Å². The van der Waals surface area contributed by atoms with Gasteiger partial charge in [-0.25, -0.2) is 0 Å². The van der Waals surface area contributed by atoms with E-state index in [2.05, 4.69) is 20.8 Å². The van der Waals surface area contributed by atoms with Crippen molar-refractivity contribution in [3.63, 3.8) is 0 Å². The molecule has 1 saturated carbocycles. The van der Waals surface area contributed by atoms with Crippen molar-refractivity contribution in [1.82, 2.24) is 0 Å². The van der Waals surface area contributed by atoms with Gasteiger partial charge < -0.3 is 10.5 Å². The second-order valence-corrected chi connectivity index (χ2v) is 4.96. The van der Waals surface area contributed by atoms with E-state index in [1.807, 2.05) is 0 Å². The van der Waals surface area contributed by atoms with E-state index in [9.17, 15) is 0 Å². The van der Waals surface area contributed by atoms with E-state index in [1.54, 1.807) is 0 Å². The van der Waals surface area contributed by atoms with Crippen LogP contribution in [0.2, 0.25) is 0 Å². The lowest BCUT2D eigenvalue weighted by molar-refractivity contribution is -0.0744. The zero-order valence-electron chi connectivity index (χ0n) is 8.52. The molecule has 0 unspecified atom stereocenters. The Morgan fingerprint density at radius 3 is 2.17 bits per heavy atom. The maximum atomic E-state index is 5.75. The van der Waals surface area contributed by atoms with Crippen LogP contribution >= 0.6 is 0 Å². The molecule has 0 aliphatic heterocycles. The Hall–Kier alpha value is -0.0800. The Bertz CT molecular complexity index is 139. The van der Waals surface area contributed by atoms with E-state index in [-0.39, 0.29) is 5.60 Å². The average molecular weight is 171 g/mol. The van der Waals surface area contributed by atoms with Crippen molar-refractivity contribution in [3.8, 4) is 0 Å². The van der Waals surface area contributed by atoms with Crippen LogP contribution in [0.4, 0.5) is 0 Å². The van der Waals surface area contributed by atoms with Crippen LogP contribution in [0.25, 0.3) is 0 Å². The molecular weight excluding hydrogens is 150 g/mol. The minimum atomic E-state index is -0.0161. The van der Waals surface area contributed by atoms with Gasteiger partial charge in [0, 0.05) is 12.0 Å². The molecule has 0 heterocycles. The smallest absolute Gasteiger partial charge is 0.0598 e. The van der Waals surface area contributed by atoms with Crippen molar-refractivity contribution in [2.75, 3.05) is 13.2 Å². The maximum absolute atomic E-state index is 5.75. The Balaban J connectivity index is 2.30. The minimum absolute atomic E-state index is 0.0161. The van der Waals surface area contributed by atoms with Crippen molar-refractivity contribution < 1.29 is 4.74 Å². The summed E-state index contributed by atoms with van der Waals surface area (Å²) < 4.78 is 5.75. The number of rotatable bonds is 3. The van der Waals surface area contributed by atoms with Crippen molar-refractivity contribution in [3.05, 3.63) is 0 Å². The highest BCUT2D eigenvalue weighted by atomic mass is 16.5. The van der Waals surface area contributed by atoms with Gasteiger partial charge in [0.2, 0.25) is 0 Å². The fourth-order valence-electron chi connectivity index (χ4n) is 1.45. The summed E-state index contributed by atoms with van der Waals surface area (Å²) in [6.45, 7) is 7.90. The van der Waals surface area contributed by atoms with Gasteiger partial charge in [-0.3, -0.25) is 0 Å². The Morgan fingerprint density at radius 2 is 1.92 bits per heavy atom. The summed E-state index contributed by atoms with van der Waals surface area (Å²) in [6, 6.07) is 0. The highest BCUT2D eigenvalue weighted by Gasteiger charge is 2.36. The molecular formula is C10H21NO. The van der Waals surface area contributed by atoms with Crippen molar-refractivity contribution >= 4 is 0 Å². The Kier molecular flexibility index (Phi) is 2.79. The van der Waals surface area contributed by atoms with Gasteiger partial charge in [0.25, 0.3) is 0 Å². The molecule has 0 aromatic heterocycles. The fourth-order valence-corrected chi connectivity index (χ4v) is 1.45. The van der Waals surface area contributed by atoms with E-state index >= 15 is 0 Å². The average Bonchev–Trinajstić information content (AvgIpc) is 1.84. The summed E-state index contributed by atoms with van der Waals surface area (Å²) in [5.74, 6) is 0. The molecule has 0 amide bonds. The quantitative estimate of drug-likeness (QED) is 0.704. The summed E-state index contributed by atoms with van der Waals surface area (Å²) in [4.78, 5) is 0. The molecule has 12 heavy (non-hydrogen) atoms. The zero-order valence-corrected chi connectivity index (χ0v) is 8.52. The van der Waals surface area contributed by atoms with E-state index in [0.717, 1.165) is 13.2 Å². The van der Waals surface area contributed by atoms with Crippen LogP contribution in [0, 0.1) is 5.41 Å². The van der Waals surface area contributed by atoms with Gasteiger partial charge in [-0.05, 0) is 33.6 Å². The van der Waals surface area contributed by atoms with Crippen LogP contribution in [-0.4, -0.2) is 18.8 Å². The molecule has 0 radical (unpaired) electrons. The third kappa shape index (κ3) is 2.46. The number of hydrogen-bond acceptors (Lipinski definition) is 2. The van der Waals surface area contributed by atoms with Crippen LogP contribution in [0.5, 0.6) is 0 Å². The summed E-state index contributed by atoms with van der Waals surface area (Å²) in [7, 11) is 0. The van der Waals surface area contributed by atoms with Gasteiger partial charge in [0.1, 0.15) is 0 Å². The standard InChI is InChI=1S/C10H21NO/c1-9(2,3)12-8-10(7-11)5-4-6-10/h4-8,11H2,1-3H3. The summed E-state index contributed by atoms with van der Waals surface area (Å²) in [5.41, 5.74) is 6.03. The minimum Gasteiger partial charge on any atom is -0.375 e. The zero-order chi connectivity index (χ0) is 9.24. The summed E-state index contributed by atoms with van der Waals surface area (Å²) in [6.07, 6.45) is 3.82. The lowest BCUT2D eigenvalue weighted by atomic mass is 9.69. The van der Waals surface area contributed by atoms with Crippen LogP contribution < -0.4 is 5.73 Å². The van der Waals surface area contributed by atoms with Gasteiger partial charge in [0.05, 0.1) is 12.2 Å². The van der Waals surface area contributed by atoms with Gasteiger partial charge in [-0.15, -0.1) is 0 Å². The Morgan fingerprint density at radius 1 is 1.33 bits per heavy atom. The summed E-state index contributed by atoms with van der Waals surface area (Å²) >= 11 is 0. The molecule has 0 aromatic carbocycles. The van der Waals surface area contributed by atoms with Crippen molar-refractivity contribution in [2.24, 2.45) is 11.1 Å². The molecule has 0 spiro atoms. The predicted molar refractivity (Wildman–Crippen MR) is 51.0 cm³/mol. The van der Waals surface area contributed by atoms with Crippen molar-refractivity contribution in [2.45, 2.75) is 45.6 Å². The van der Waals surface area contributed by atoms with Gasteiger partial charge in [0.15, 0.2) is 0 Å². The third-order valence-corrected chi connectivity index (χ3v) is 2.66. The van der Waals surface area contributed by atoms with Gasteiger partial charge >= 0.3 is 0 Å². The molecule has 0 aromatic rings. The number of nitrogens with two attached hydrogens (primary N) is 1. The topological polar surface area (TPSA) is 35.2 Å². The second kappa shape index (κ2) is 3.35. The molecule has 0 saturated heterocycles. The molecule has 1 aliphatic carbocycles. The molecule has 1 rings (SSSR count). The van der Waals surface area contributed by atoms with Crippen LogP contribution in [0.1, 0.15) is 40.0 Å². The number of ether oxygens (including phenoxy) is 1. The van der Waals surface area contributed by atoms with Gasteiger partial charge in [-0.1, -0.05) is 6.42 Å². The number of hydrogen-bond donors (Lipinski definition) is 1.